The van der Waals surface area contributed by atoms with Gasteiger partial charge in [-0.3, -0.25) is 0 Å². The summed E-state index contributed by atoms with van der Waals surface area (Å²) in [5.41, 5.74) is 1.86. The Balaban J connectivity index is 2.22. The molecule has 2 nitrogen and oxygen atoms in total. The van der Waals surface area contributed by atoms with Crippen LogP contribution >= 0.6 is 0 Å². The fraction of sp³-hybridized carbons (Fsp3) is 0.667. The molecule has 0 aliphatic heterocycles. The third-order valence-corrected chi connectivity index (χ3v) is 5.87. The summed E-state index contributed by atoms with van der Waals surface area (Å²) >= 11 is 0. The van der Waals surface area contributed by atoms with Crippen LogP contribution in [0.1, 0.15) is 59.9 Å². The Morgan fingerprint density at radius 1 is 1.15 bits per heavy atom. The monoisotopic (exact) mass is 276 g/mol. The molecule has 0 heterocycles. The molecule has 1 aromatic carbocycles. The summed E-state index contributed by atoms with van der Waals surface area (Å²) < 4.78 is 0. The summed E-state index contributed by atoms with van der Waals surface area (Å²) in [6.07, 6.45) is 2.37. The first-order valence-electron chi connectivity index (χ1n) is 7.54. The number of phenolic OH excluding ortho intramolecular Hbond substituents is 2. The maximum Gasteiger partial charge on any atom is 0.157 e. The fourth-order valence-electron chi connectivity index (χ4n) is 3.95. The van der Waals surface area contributed by atoms with Crippen LogP contribution in [0.4, 0.5) is 0 Å². The normalized spacial score (nSPS) is 29.8. The minimum Gasteiger partial charge on any atom is -0.504 e. The Hall–Kier alpha value is -1.18. The van der Waals surface area contributed by atoms with Crippen molar-refractivity contribution < 1.29 is 10.2 Å². The highest BCUT2D eigenvalue weighted by molar-refractivity contribution is 5.43. The van der Waals surface area contributed by atoms with E-state index in [9.17, 15) is 10.2 Å². The van der Waals surface area contributed by atoms with E-state index in [1.807, 2.05) is 6.07 Å². The summed E-state index contributed by atoms with van der Waals surface area (Å²) in [5.74, 6) is 0.619. The lowest BCUT2D eigenvalue weighted by Crippen LogP contribution is -2.25. The molecule has 20 heavy (non-hydrogen) atoms. The number of hydrogen-bond acceptors (Lipinski definition) is 2. The quantitative estimate of drug-likeness (QED) is 0.773. The molecule has 2 rings (SSSR count). The van der Waals surface area contributed by atoms with Gasteiger partial charge in [0.1, 0.15) is 0 Å². The zero-order chi connectivity index (χ0) is 15.3. The van der Waals surface area contributed by atoms with Crippen molar-refractivity contribution >= 4 is 0 Å². The molecule has 1 fully saturated rings. The average molecular weight is 276 g/mol. The third kappa shape index (κ3) is 2.30. The van der Waals surface area contributed by atoms with Gasteiger partial charge in [0.25, 0.3) is 0 Å². The maximum absolute atomic E-state index is 9.72. The SMILES string of the molecule is CC(C)C1(C)CC1(C)CC(C)(C)c1ccc(O)c(O)c1. The number of hydrogen-bond donors (Lipinski definition) is 2. The van der Waals surface area contributed by atoms with Gasteiger partial charge in [-0.2, -0.15) is 0 Å². The number of rotatable bonds is 4. The van der Waals surface area contributed by atoms with Gasteiger partial charge in [-0.15, -0.1) is 0 Å². The van der Waals surface area contributed by atoms with Crippen LogP contribution in [0.3, 0.4) is 0 Å². The van der Waals surface area contributed by atoms with Gasteiger partial charge < -0.3 is 10.2 Å². The van der Waals surface area contributed by atoms with Crippen LogP contribution in [0.15, 0.2) is 18.2 Å². The van der Waals surface area contributed by atoms with Crippen molar-refractivity contribution in [1.82, 2.24) is 0 Å². The molecule has 0 bridgehead atoms. The second-order valence-electron chi connectivity index (χ2n) is 8.07. The van der Waals surface area contributed by atoms with Gasteiger partial charge in [-0.1, -0.05) is 47.6 Å². The van der Waals surface area contributed by atoms with Crippen LogP contribution in [0.2, 0.25) is 0 Å². The lowest BCUT2D eigenvalue weighted by Gasteiger charge is -2.32. The Labute approximate surface area is 122 Å². The standard InChI is InChI=1S/C18H28O2/c1-12(2)18(6)11-17(18,5)10-16(3,4)13-7-8-14(19)15(20)9-13/h7-9,12,19-20H,10-11H2,1-6H3. The highest BCUT2D eigenvalue weighted by atomic mass is 16.3. The van der Waals surface area contributed by atoms with Gasteiger partial charge in [-0.25, -0.2) is 0 Å². The molecule has 1 aromatic rings. The van der Waals surface area contributed by atoms with E-state index < -0.39 is 0 Å². The van der Waals surface area contributed by atoms with E-state index in [2.05, 4.69) is 41.5 Å². The second kappa shape index (κ2) is 4.41. The maximum atomic E-state index is 9.72. The number of phenols is 2. The summed E-state index contributed by atoms with van der Waals surface area (Å²) in [4.78, 5) is 0. The molecule has 1 saturated carbocycles. The molecule has 0 aromatic heterocycles. The van der Waals surface area contributed by atoms with Crippen LogP contribution in [-0.2, 0) is 5.41 Å². The zero-order valence-corrected chi connectivity index (χ0v) is 13.6. The van der Waals surface area contributed by atoms with Crippen LogP contribution < -0.4 is 0 Å². The van der Waals surface area contributed by atoms with E-state index in [-0.39, 0.29) is 16.9 Å². The largest absolute Gasteiger partial charge is 0.504 e. The fourth-order valence-corrected chi connectivity index (χ4v) is 3.95. The van der Waals surface area contributed by atoms with E-state index in [1.54, 1.807) is 12.1 Å². The van der Waals surface area contributed by atoms with E-state index >= 15 is 0 Å². The Bertz CT molecular complexity index is 518. The molecule has 0 amide bonds. The summed E-state index contributed by atoms with van der Waals surface area (Å²) in [7, 11) is 0. The van der Waals surface area contributed by atoms with Crippen molar-refractivity contribution in [3.63, 3.8) is 0 Å². The van der Waals surface area contributed by atoms with Crippen molar-refractivity contribution in [2.24, 2.45) is 16.7 Å². The summed E-state index contributed by atoms with van der Waals surface area (Å²) in [5, 5.41) is 19.2. The minimum atomic E-state index is -0.0470. The van der Waals surface area contributed by atoms with E-state index in [4.69, 9.17) is 0 Å². The predicted molar refractivity (Wildman–Crippen MR) is 83.1 cm³/mol. The first-order chi connectivity index (χ1) is 9.02. The van der Waals surface area contributed by atoms with E-state index in [1.165, 1.54) is 6.42 Å². The summed E-state index contributed by atoms with van der Waals surface area (Å²) in [6.45, 7) is 13.8. The molecule has 2 unspecified atom stereocenters. The number of benzene rings is 1. The van der Waals surface area contributed by atoms with Gasteiger partial charge in [-0.05, 0) is 52.7 Å². The molecule has 2 heteroatoms. The topological polar surface area (TPSA) is 40.5 Å². The molecule has 1 aliphatic rings. The van der Waals surface area contributed by atoms with Gasteiger partial charge in [0.15, 0.2) is 11.5 Å². The molecule has 0 saturated heterocycles. The van der Waals surface area contributed by atoms with Crippen molar-refractivity contribution in [3.8, 4) is 11.5 Å². The van der Waals surface area contributed by atoms with Gasteiger partial charge in [0, 0.05) is 0 Å². The molecule has 2 N–H and O–H groups in total. The number of aromatic hydroxyl groups is 2. The van der Waals surface area contributed by atoms with Crippen LogP contribution in [0.5, 0.6) is 11.5 Å². The van der Waals surface area contributed by atoms with E-state index in [0.29, 0.717) is 16.7 Å². The van der Waals surface area contributed by atoms with Crippen LogP contribution in [0.25, 0.3) is 0 Å². The van der Waals surface area contributed by atoms with Gasteiger partial charge >= 0.3 is 0 Å². The van der Waals surface area contributed by atoms with Crippen molar-refractivity contribution in [1.29, 1.82) is 0 Å². The van der Waals surface area contributed by atoms with Gasteiger partial charge in [0.2, 0.25) is 0 Å². The second-order valence-corrected chi connectivity index (χ2v) is 8.07. The molecular weight excluding hydrogens is 248 g/mol. The lowest BCUT2D eigenvalue weighted by molar-refractivity contribution is 0.240. The highest BCUT2D eigenvalue weighted by Gasteiger charge is 2.63. The minimum absolute atomic E-state index is 0.00736. The van der Waals surface area contributed by atoms with Crippen molar-refractivity contribution in [3.05, 3.63) is 23.8 Å². The Morgan fingerprint density at radius 2 is 1.75 bits per heavy atom. The smallest absolute Gasteiger partial charge is 0.157 e. The van der Waals surface area contributed by atoms with Crippen LogP contribution in [0, 0.1) is 16.7 Å². The predicted octanol–water partition coefficient (Wildman–Crippen LogP) is 4.84. The molecule has 2 atom stereocenters. The Kier molecular flexibility index (Phi) is 3.35. The van der Waals surface area contributed by atoms with Crippen molar-refractivity contribution in [2.45, 2.75) is 59.8 Å². The van der Waals surface area contributed by atoms with Crippen molar-refractivity contribution in [2.75, 3.05) is 0 Å². The van der Waals surface area contributed by atoms with Crippen LogP contribution in [-0.4, -0.2) is 10.2 Å². The molecule has 112 valence electrons. The van der Waals surface area contributed by atoms with E-state index in [0.717, 1.165) is 12.0 Å². The highest BCUT2D eigenvalue weighted by Crippen LogP contribution is 2.71. The summed E-state index contributed by atoms with van der Waals surface area (Å²) in [6, 6.07) is 5.21. The first kappa shape index (κ1) is 15.2. The molecule has 1 aliphatic carbocycles. The zero-order valence-electron chi connectivity index (χ0n) is 13.6. The van der Waals surface area contributed by atoms with Gasteiger partial charge in [0.05, 0.1) is 0 Å². The molecule has 0 radical (unpaired) electrons. The average Bonchev–Trinajstić information content (AvgIpc) is 2.85. The third-order valence-electron chi connectivity index (χ3n) is 5.87. The first-order valence-corrected chi connectivity index (χ1v) is 7.54. The molecule has 0 spiro atoms. The lowest BCUT2D eigenvalue weighted by atomic mass is 9.72. The Morgan fingerprint density at radius 3 is 2.20 bits per heavy atom. The molecular formula is C18H28O2.